The van der Waals surface area contributed by atoms with Gasteiger partial charge >= 0.3 is 0 Å². The molecule has 2 aliphatic rings. The molecule has 1 N–H and O–H groups in total. The van der Waals surface area contributed by atoms with Crippen molar-refractivity contribution in [3.8, 4) is 0 Å². The summed E-state index contributed by atoms with van der Waals surface area (Å²) < 4.78 is 27.3. The molecule has 2 fully saturated rings. The molecular formula is C19H21N3O3S. The molecular weight excluding hydrogens is 350 g/mol. The van der Waals surface area contributed by atoms with Crippen LogP contribution in [0.25, 0.3) is 0 Å². The van der Waals surface area contributed by atoms with E-state index in [0.29, 0.717) is 23.7 Å². The molecule has 2 unspecified atom stereocenters. The summed E-state index contributed by atoms with van der Waals surface area (Å²) in [7, 11) is -3.51. The lowest BCUT2D eigenvalue weighted by Gasteiger charge is -2.17. The molecule has 4 rings (SSSR count). The number of carbonyl (C=O) groups is 1. The number of aryl methyl sites for hydroxylation is 1. The highest BCUT2D eigenvalue weighted by molar-refractivity contribution is 7.89. The topological polar surface area (TPSA) is 79.4 Å². The van der Waals surface area contributed by atoms with Gasteiger partial charge in [-0.05, 0) is 55.0 Å². The van der Waals surface area contributed by atoms with Crippen molar-refractivity contribution in [3.63, 3.8) is 0 Å². The van der Waals surface area contributed by atoms with Crippen molar-refractivity contribution in [1.29, 1.82) is 0 Å². The molecule has 1 aliphatic carbocycles. The number of hydrogen-bond donors (Lipinski definition) is 1. The summed E-state index contributed by atoms with van der Waals surface area (Å²) >= 11 is 0. The Labute approximate surface area is 153 Å². The van der Waals surface area contributed by atoms with Gasteiger partial charge in [0, 0.05) is 25.2 Å². The summed E-state index contributed by atoms with van der Waals surface area (Å²) in [6.07, 6.45) is 4.72. The maximum Gasteiger partial charge on any atom is 0.243 e. The van der Waals surface area contributed by atoms with Gasteiger partial charge in [0.05, 0.1) is 16.8 Å². The standard InChI is InChI=1S/C19H21N3O3S/c1-14-4-2-6-16(10-14)26(24,25)22-9-7-19(13-22)11-17(19)18(23)21-15-5-3-8-20-12-15/h2-6,8,10,12,17H,7,9,11,13H2,1H3,(H,21,23). The van der Waals surface area contributed by atoms with E-state index in [9.17, 15) is 13.2 Å². The van der Waals surface area contributed by atoms with Crippen LogP contribution in [0.5, 0.6) is 0 Å². The van der Waals surface area contributed by atoms with Crippen LogP contribution >= 0.6 is 0 Å². The molecule has 2 aromatic rings. The summed E-state index contributed by atoms with van der Waals surface area (Å²) in [5, 5.41) is 2.88. The van der Waals surface area contributed by atoms with Crippen LogP contribution in [-0.2, 0) is 14.8 Å². The van der Waals surface area contributed by atoms with Crippen LogP contribution in [-0.4, -0.2) is 36.7 Å². The van der Waals surface area contributed by atoms with Gasteiger partial charge in [-0.15, -0.1) is 0 Å². The minimum atomic E-state index is -3.51. The third kappa shape index (κ3) is 3.01. The van der Waals surface area contributed by atoms with Gasteiger partial charge in [0.1, 0.15) is 0 Å². The van der Waals surface area contributed by atoms with Crippen molar-refractivity contribution in [1.82, 2.24) is 9.29 Å². The highest BCUT2D eigenvalue weighted by atomic mass is 32.2. The van der Waals surface area contributed by atoms with E-state index in [1.807, 2.05) is 13.0 Å². The first-order chi connectivity index (χ1) is 12.4. The minimum absolute atomic E-state index is 0.0483. The van der Waals surface area contributed by atoms with Gasteiger partial charge in [0.2, 0.25) is 15.9 Å². The zero-order valence-corrected chi connectivity index (χ0v) is 15.4. The number of amides is 1. The van der Waals surface area contributed by atoms with Gasteiger partial charge in [-0.2, -0.15) is 4.31 Å². The van der Waals surface area contributed by atoms with Gasteiger partial charge in [0.25, 0.3) is 0 Å². The van der Waals surface area contributed by atoms with Crippen LogP contribution in [0.15, 0.2) is 53.7 Å². The molecule has 7 heteroatoms. The largest absolute Gasteiger partial charge is 0.324 e. The second kappa shape index (κ2) is 6.17. The smallest absolute Gasteiger partial charge is 0.243 e. The number of rotatable bonds is 4. The minimum Gasteiger partial charge on any atom is -0.324 e. The number of pyridine rings is 1. The van der Waals surface area contributed by atoms with E-state index >= 15 is 0 Å². The lowest BCUT2D eigenvalue weighted by atomic mass is 10.0. The van der Waals surface area contributed by atoms with Crippen LogP contribution in [0.2, 0.25) is 0 Å². The summed E-state index contributed by atoms with van der Waals surface area (Å²) in [5.74, 6) is -0.187. The van der Waals surface area contributed by atoms with Crippen molar-refractivity contribution in [2.45, 2.75) is 24.7 Å². The van der Waals surface area contributed by atoms with E-state index in [1.54, 1.807) is 42.7 Å². The van der Waals surface area contributed by atoms with E-state index in [1.165, 1.54) is 4.31 Å². The molecule has 1 saturated carbocycles. The van der Waals surface area contributed by atoms with Crippen molar-refractivity contribution in [2.75, 3.05) is 18.4 Å². The fraction of sp³-hybridized carbons (Fsp3) is 0.368. The molecule has 0 radical (unpaired) electrons. The lowest BCUT2D eigenvalue weighted by molar-refractivity contribution is -0.118. The molecule has 1 aliphatic heterocycles. The first-order valence-electron chi connectivity index (χ1n) is 8.68. The first kappa shape index (κ1) is 17.2. The Kier molecular flexibility index (Phi) is 4.08. The number of anilines is 1. The van der Waals surface area contributed by atoms with E-state index in [4.69, 9.17) is 0 Å². The number of nitrogens with zero attached hydrogens (tertiary/aromatic N) is 2. The average molecular weight is 371 g/mol. The highest BCUT2D eigenvalue weighted by Crippen LogP contribution is 2.59. The molecule has 0 bridgehead atoms. The number of sulfonamides is 1. The van der Waals surface area contributed by atoms with Crippen LogP contribution in [0.3, 0.4) is 0 Å². The third-order valence-corrected chi connectivity index (χ3v) is 7.25. The molecule has 1 saturated heterocycles. The fourth-order valence-corrected chi connectivity index (χ4v) is 5.46. The Balaban J connectivity index is 1.45. The second-order valence-corrected chi connectivity index (χ2v) is 9.19. The predicted octanol–water partition coefficient (Wildman–Crippen LogP) is 2.43. The predicted molar refractivity (Wildman–Crippen MR) is 98.0 cm³/mol. The third-order valence-electron chi connectivity index (χ3n) is 5.41. The SMILES string of the molecule is Cc1cccc(S(=O)(=O)N2CCC3(CC3C(=O)Nc3cccnc3)C2)c1. The number of nitrogens with one attached hydrogen (secondary N) is 1. The van der Waals surface area contributed by atoms with Gasteiger partial charge in [-0.1, -0.05) is 12.1 Å². The number of carbonyl (C=O) groups excluding carboxylic acids is 1. The summed E-state index contributed by atoms with van der Waals surface area (Å²) in [6.45, 7) is 2.76. The summed E-state index contributed by atoms with van der Waals surface area (Å²) in [4.78, 5) is 16.8. The van der Waals surface area contributed by atoms with Crippen molar-refractivity contribution in [3.05, 3.63) is 54.4 Å². The molecule has 1 aromatic heterocycles. The molecule has 2 atom stereocenters. The van der Waals surface area contributed by atoms with E-state index in [-0.39, 0.29) is 17.2 Å². The van der Waals surface area contributed by atoms with Gasteiger partial charge in [0.15, 0.2) is 0 Å². The normalized spacial score (nSPS) is 25.3. The maximum atomic E-state index is 12.9. The zero-order chi connectivity index (χ0) is 18.4. The van der Waals surface area contributed by atoms with Gasteiger partial charge < -0.3 is 5.32 Å². The fourth-order valence-electron chi connectivity index (χ4n) is 3.82. The van der Waals surface area contributed by atoms with Crippen molar-refractivity contribution < 1.29 is 13.2 Å². The van der Waals surface area contributed by atoms with Gasteiger partial charge in [-0.25, -0.2) is 8.42 Å². The van der Waals surface area contributed by atoms with E-state index in [0.717, 1.165) is 18.4 Å². The quantitative estimate of drug-likeness (QED) is 0.895. The Morgan fingerprint density at radius 3 is 2.88 bits per heavy atom. The van der Waals surface area contributed by atoms with Crippen molar-refractivity contribution in [2.24, 2.45) is 11.3 Å². The zero-order valence-electron chi connectivity index (χ0n) is 14.6. The lowest BCUT2D eigenvalue weighted by Crippen LogP contribution is -2.30. The molecule has 2 heterocycles. The molecule has 6 nitrogen and oxygen atoms in total. The van der Waals surface area contributed by atoms with Crippen molar-refractivity contribution >= 4 is 21.6 Å². The number of benzene rings is 1. The number of hydrogen-bond acceptors (Lipinski definition) is 4. The highest BCUT2D eigenvalue weighted by Gasteiger charge is 2.62. The molecule has 26 heavy (non-hydrogen) atoms. The first-order valence-corrected chi connectivity index (χ1v) is 10.1. The molecule has 1 amide bonds. The maximum absolute atomic E-state index is 12.9. The van der Waals surface area contributed by atoms with E-state index < -0.39 is 10.0 Å². The summed E-state index contributed by atoms with van der Waals surface area (Å²) in [6, 6.07) is 10.5. The van der Waals surface area contributed by atoms with Crippen LogP contribution in [0.1, 0.15) is 18.4 Å². The monoisotopic (exact) mass is 371 g/mol. The average Bonchev–Trinajstić information content (AvgIpc) is 3.15. The van der Waals surface area contributed by atoms with E-state index in [2.05, 4.69) is 10.3 Å². The molecule has 1 aromatic carbocycles. The van der Waals surface area contributed by atoms with Crippen LogP contribution in [0, 0.1) is 18.3 Å². The van der Waals surface area contributed by atoms with Crippen LogP contribution in [0.4, 0.5) is 5.69 Å². The Morgan fingerprint density at radius 1 is 1.31 bits per heavy atom. The summed E-state index contributed by atoms with van der Waals surface area (Å²) in [5.41, 5.74) is 1.37. The Morgan fingerprint density at radius 2 is 2.15 bits per heavy atom. The van der Waals surface area contributed by atoms with Gasteiger partial charge in [-0.3, -0.25) is 9.78 Å². The Hall–Kier alpha value is -2.25. The van der Waals surface area contributed by atoms with Crippen LogP contribution < -0.4 is 5.32 Å². The Bertz CT molecular complexity index is 946. The number of aromatic nitrogens is 1. The second-order valence-electron chi connectivity index (χ2n) is 7.26. The molecule has 136 valence electrons. The molecule has 1 spiro atoms.